The highest BCUT2D eigenvalue weighted by Gasteiger charge is 2.25. The van der Waals surface area contributed by atoms with Crippen LogP contribution >= 0.6 is 0 Å². The lowest BCUT2D eigenvalue weighted by Crippen LogP contribution is -2.50. The first-order valence-corrected chi connectivity index (χ1v) is 6.83. The third-order valence-electron chi connectivity index (χ3n) is 3.80. The second kappa shape index (κ2) is 6.21. The zero-order valence-corrected chi connectivity index (χ0v) is 11.6. The quantitative estimate of drug-likeness (QED) is 0.836. The Morgan fingerprint density at radius 1 is 1.39 bits per heavy atom. The minimum absolute atomic E-state index is 0.344. The van der Waals surface area contributed by atoms with Gasteiger partial charge in [-0.3, -0.25) is 0 Å². The molecule has 1 aromatic rings. The van der Waals surface area contributed by atoms with E-state index in [0.29, 0.717) is 6.04 Å². The van der Waals surface area contributed by atoms with E-state index in [9.17, 15) is 0 Å². The van der Waals surface area contributed by atoms with Crippen molar-refractivity contribution in [2.45, 2.75) is 19.9 Å². The monoisotopic (exact) mass is 248 g/mol. The number of hydrogen-bond donors (Lipinski definition) is 1. The van der Waals surface area contributed by atoms with Crippen molar-refractivity contribution >= 4 is 0 Å². The molecule has 2 rings (SSSR count). The number of benzene rings is 1. The molecule has 0 aromatic heterocycles. The fourth-order valence-corrected chi connectivity index (χ4v) is 2.54. The Labute approximate surface area is 110 Å². The SMILES string of the molecule is CCN1CC(CN[C@@H](C)c2ccccc2OC)C1. The summed E-state index contributed by atoms with van der Waals surface area (Å²) >= 11 is 0. The topological polar surface area (TPSA) is 24.5 Å². The molecule has 0 saturated carbocycles. The molecule has 18 heavy (non-hydrogen) atoms. The van der Waals surface area contributed by atoms with Crippen molar-refractivity contribution in [3.05, 3.63) is 29.8 Å². The molecule has 3 heteroatoms. The van der Waals surface area contributed by atoms with Crippen LogP contribution in [0.3, 0.4) is 0 Å². The van der Waals surface area contributed by atoms with Gasteiger partial charge in [0.1, 0.15) is 5.75 Å². The molecule has 1 saturated heterocycles. The Morgan fingerprint density at radius 2 is 2.11 bits per heavy atom. The number of hydrogen-bond acceptors (Lipinski definition) is 3. The zero-order valence-electron chi connectivity index (χ0n) is 11.6. The third kappa shape index (κ3) is 3.03. The molecule has 0 amide bonds. The molecule has 1 N–H and O–H groups in total. The predicted molar refractivity (Wildman–Crippen MR) is 75.0 cm³/mol. The standard InChI is InChI=1S/C15H24N2O/c1-4-17-10-13(11-17)9-16-12(2)14-7-5-6-8-15(14)18-3/h5-8,12-13,16H,4,9-11H2,1-3H3/t12-/m0/s1. The Balaban J connectivity index is 1.82. The van der Waals surface area contributed by atoms with E-state index in [4.69, 9.17) is 4.74 Å². The van der Waals surface area contributed by atoms with E-state index < -0.39 is 0 Å². The maximum Gasteiger partial charge on any atom is 0.123 e. The van der Waals surface area contributed by atoms with E-state index in [-0.39, 0.29) is 0 Å². The number of para-hydroxylation sites is 1. The summed E-state index contributed by atoms with van der Waals surface area (Å²) in [4.78, 5) is 2.47. The molecule has 0 unspecified atom stereocenters. The van der Waals surface area contributed by atoms with E-state index in [1.807, 2.05) is 12.1 Å². The van der Waals surface area contributed by atoms with Crippen molar-refractivity contribution in [2.24, 2.45) is 5.92 Å². The zero-order chi connectivity index (χ0) is 13.0. The van der Waals surface area contributed by atoms with Gasteiger partial charge in [0.2, 0.25) is 0 Å². The number of ether oxygens (including phenoxy) is 1. The summed E-state index contributed by atoms with van der Waals surface area (Å²) in [5.74, 6) is 1.78. The first-order chi connectivity index (χ1) is 8.74. The highest BCUT2D eigenvalue weighted by molar-refractivity contribution is 5.35. The van der Waals surface area contributed by atoms with Crippen LogP contribution in [0.5, 0.6) is 5.75 Å². The Kier molecular flexibility index (Phi) is 4.61. The second-order valence-electron chi connectivity index (χ2n) is 5.09. The van der Waals surface area contributed by atoms with Crippen molar-refractivity contribution in [3.8, 4) is 5.75 Å². The van der Waals surface area contributed by atoms with Crippen molar-refractivity contribution in [1.82, 2.24) is 10.2 Å². The molecule has 1 fully saturated rings. The number of likely N-dealkylation sites (tertiary alicyclic amines) is 1. The predicted octanol–water partition coefficient (Wildman–Crippen LogP) is 2.30. The van der Waals surface area contributed by atoms with Gasteiger partial charge in [-0.2, -0.15) is 0 Å². The molecule has 1 aliphatic rings. The lowest BCUT2D eigenvalue weighted by Gasteiger charge is -2.39. The third-order valence-corrected chi connectivity index (χ3v) is 3.80. The highest BCUT2D eigenvalue weighted by Crippen LogP contribution is 2.24. The van der Waals surface area contributed by atoms with Gasteiger partial charge in [-0.05, 0) is 25.5 Å². The van der Waals surface area contributed by atoms with E-state index >= 15 is 0 Å². The first-order valence-electron chi connectivity index (χ1n) is 6.83. The van der Waals surface area contributed by atoms with E-state index in [2.05, 4.69) is 36.2 Å². The van der Waals surface area contributed by atoms with E-state index in [0.717, 1.165) is 18.2 Å². The largest absolute Gasteiger partial charge is 0.496 e. The van der Waals surface area contributed by atoms with Crippen LogP contribution in [0, 0.1) is 5.92 Å². The summed E-state index contributed by atoms with van der Waals surface area (Å²) in [5, 5.41) is 3.61. The molecule has 0 radical (unpaired) electrons. The molecular weight excluding hydrogens is 224 g/mol. The van der Waals surface area contributed by atoms with Crippen molar-refractivity contribution in [2.75, 3.05) is 33.3 Å². The summed E-state index contributed by atoms with van der Waals surface area (Å²) < 4.78 is 5.40. The van der Waals surface area contributed by atoms with Gasteiger partial charge in [-0.1, -0.05) is 25.1 Å². The summed E-state index contributed by atoms with van der Waals surface area (Å²) in [6.45, 7) is 9.17. The fourth-order valence-electron chi connectivity index (χ4n) is 2.54. The minimum Gasteiger partial charge on any atom is -0.496 e. The van der Waals surface area contributed by atoms with Crippen LogP contribution in [0.1, 0.15) is 25.5 Å². The maximum atomic E-state index is 5.40. The Hall–Kier alpha value is -1.06. The Bertz CT molecular complexity index is 375. The van der Waals surface area contributed by atoms with Crippen molar-refractivity contribution < 1.29 is 4.74 Å². The van der Waals surface area contributed by atoms with Crippen LogP contribution < -0.4 is 10.1 Å². The van der Waals surface area contributed by atoms with Crippen LogP contribution in [0.25, 0.3) is 0 Å². The first kappa shape index (κ1) is 13.4. The van der Waals surface area contributed by atoms with Crippen LogP contribution in [0.15, 0.2) is 24.3 Å². The molecular formula is C15H24N2O. The number of nitrogens with zero attached hydrogens (tertiary/aromatic N) is 1. The number of methoxy groups -OCH3 is 1. The fraction of sp³-hybridized carbons (Fsp3) is 0.600. The smallest absolute Gasteiger partial charge is 0.123 e. The Morgan fingerprint density at radius 3 is 2.78 bits per heavy atom. The molecule has 0 bridgehead atoms. The van der Waals surface area contributed by atoms with Gasteiger partial charge in [-0.15, -0.1) is 0 Å². The number of rotatable bonds is 6. The second-order valence-corrected chi connectivity index (χ2v) is 5.09. The van der Waals surface area contributed by atoms with Gasteiger partial charge in [-0.25, -0.2) is 0 Å². The van der Waals surface area contributed by atoms with E-state index in [1.165, 1.54) is 25.2 Å². The molecule has 1 aromatic carbocycles. The van der Waals surface area contributed by atoms with Gasteiger partial charge >= 0.3 is 0 Å². The van der Waals surface area contributed by atoms with Gasteiger partial charge in [0.05, 0.1) is 7.11 Å². The molecule has 1 heterocycles. The van der Waals surface area contributed by atoms with Crippen molar-refractivity contribution in [1.29, 1.82) is 0 Å². The molecule has 100 valence electrons. The molecule has 1 atom stereocenters. The van der Waals surface area contributed by atoms with Gasteiger partial charge in [0.25, 0.3) is 0 Å². The van der Waals surface area contributed by atoms with Gasteiger partial charge in [0, 0.05) is 31.2 Å². The minimum atomic E-state index is 0.344. The lowest BCUT2D eigenvalue weighted by molar-refractivity contribution is 0.105. The van der Waals surface area contributed by atoms with Crippen molar-refractivity contribution in [3.63, 3.8) is 0 Å². The average Bonchev–Trinajstić information content (AvgIpc) is 2.37. The van der Waals surface area contributed by atoms with Crippen LogP contribution in [-0.2, 0) is 0 Å². The number of nitrogens with one attached hydrogen (secondary N) is 1. The molecule has 0 spiro atoms. The highest BCUT2D eigenvalue weighted by atomic mass is 16.5. The molecule has 1 aliphatic heterocycles. The summed E-state index contributed by atoms with van der Waals surface area (Å²) in [6.07, 6.45) is 0. The molecule has 0 aliphatic carbocycles. The summed E-state index contributed by atoms with van der Waals surface area (Å²) in [6, 6.07) is 8.58. The van der Waals surface area contributed by atoms with E-state index in [1.54, 1.807) is 7.11 Å². The van der Waals surface area contributed by atoms with Crippen LogP contribution in [0.4, 0.5) is 0 Å². The van der Waals surface area contributed by atoms with Crippen LogP contribution in [-0.4, -0.2) is 38.2 Å². The summed E-state index contributed by atoms with van der Waals surface area (Å²) in [7, 11) is 1.73. The van der Waals surface area contributed by atoms with Gasteiger partial charge in [0.15, 0.2) is 0 Å². The average molecular weight is 248 g/mol. The summed E-state index contributed by atoms with van der Waals surface area (Å²) in [5.41, 5.74) is 1.24. The maximum absolute atomic E-state index is 5.40. The molecule has 3 nitrogen and oxygen atoms in total. The normalized spacial score (nSPS) is 18.4. The lowest BCUT2D eigenvalue weighted by atomic mass is 9.99. The van der Waals surface area contributed by atoms with Gasteiger partial charge < -0.3 is 15.0 Å². The van der Waals surface area contributed by atoms with Crippen LogP contribution in [0.2, 0.25) is 0 Å².